The average molecular weight is 150 g/mol. The first-order valence-electron chi connectivity index (χ1n) is 2.99. The molecule has 0 rings (SSSR count). The van der Waals surface area contributed by atoms with Crippen LogP contribution in [-0.4, -0.2) is 12.1 Å². The van der Waals surface area contributed by atoms with E-state index in [1.54, 1.807) is 0 Å². The number of primary amides is 1. The Hall–Kier alpha value is -1.64. The van der Waals surface area contributed by atoms with Gasteiger partial charge in [0.05, 0.1) is 5.57 Å². The first-order chi connectivity index (χ1) is 5.22. The molecule has 0 saturated heterocycles. The molecular formula is C8H10N2O. The van der Waals surface area contributed by atoms with Gasteiger partial charge in [-0.2, -0.15) is 0 Å². The van der Waals surface area contributed by atoms with E-state index in [-0.39, 0.29) is 0 Å². The molecule has 0 radical (unpaired) electrons. The molecule has 1 amide bonds. The maximum atomic E-state index is 10.6. The lowest BCUT2D eigenvalue weighted by atomic mass is 10.2. The SMILES string of the molecule is C=C/C=C(\C=N/C=C)C(N)=O. The molecule has 0 aromatic rings. The van der Waals surface area contributed by atoms with Gasteiger partial charge in [0, 0.05) is 12.4 Å². The maximum absolute atomic E-state index is 10.6. The minimum atomic E-state index is -0.532. The summed E-state index contributed by atoms with van der Waals surface area (Å²) in [5.41, 5.74) is 5.29. The number of hydrogen-bond acceptors (Lipinski definition) is 2. The smallest absolute Gasteiger partial charge is 0.250 e. The highest BCUT2D eigenvalue weighted by molar-refractivity contribution is 6.11. The van der Waals surface area contributed by atoms with Crippen LogP contribution in [0.4, 0.5) is 0 Å². The molecule has 0 aliphatic carbocycles. The number of nitrogens with zero attached hydrogens (tertiary/aromatic N) is 1. The molecular weight excluding hydrogens is 140 g/mol. The van der Waals surface area contributed by atoms with Gasteiger partial charge in [-0.15, -0.1) is 0 Å². The summed E-state index contributed by atoms with van der Waals surface area (Å²) >= 11 is 0. The Morgan fingerprint density at radius 2 is 2.09 bits per heavy atom. The van der Waals surface area contributed by atoms with Crippen LogP contribution in [0.5, 0.6) is 0 Å². The summed E-state index contributed by atoms with van der Waals surface area (Å²) in [7, 11) is 0. The van der Waals surface area contributed by atoms with Crippen molar-refractivity contribution in [2.45, 2.75) is 0 Å². The van der Waals surface area contributed by atoms with Gasteiger partial charge in [-0.05, 0) is 6.08 Å². The molecule has 0 aromatic carbocycles. The van der Waals surface area contributed by atoms with E-state index in [1.165, 1.54) is 24.6 Å². The molecule has 2 N–H and O–H groups in total. The Morgan fingerprint density at radius 1 is 1.45 bits per heavy atom. The van der Waals surface area contributed by atoms with E-state index >= 15 is 0 Å². The molecule has 3 nitrogen and oxygen atoms in total. The maximum Gasteiger partial charge on any atom is 0.250 e. The van der Waals surface area contributed by atoms with Crippen molar-refractivity contribution < 1.29 is 4.79 Å². The van der Waals surface area contributed by atoms with Crippen LogP contribution in [0, 0.1) is 0 Å². The van der Waals surface area contributed by atoms with Crippen LogP contribution >= 0.6 is 0 Å². The lowest BCUT2D eigenvalue weighted by molar-refractivity contribution is -0.114. The predicted molar refractivity (Wildman–Crippen MR) is 46.2 cm³/mol. The molecule has 0 fully saturated rings. The fourth-order valence-electron chi connectivity index (χ4n) is 0.449. The highest BCUT2D eigenvalue weighted by Crippen LogP contribution is 1.89. The van der Waals surface area contributed by atoms with Crippen molar-refractivity contribution in [1.29, 1.82) is 0 Å². The number of nitrogens with two attached hydrogens (primary N) is 1. The van der Waals surface area contributed by atoms with Crippen molar-refractivity contribution >= 4 is 12.1 Å². The molecule has 0 atom stereocenters. The average Bonchev–Trinajstić information content (AvgIpc) is 1.97. The number of allylic oxidation sites excluding steroid dienone is 2. The second-order valence-corrected chi connectivity index (χ2v) is 1.68. The van der Waals surface area contributed by atoms with Crippen LogP contribution in [0.15, 0.2) is 42.1 Å². The Balaban J connectivity index is 4.47. The second kappa shape index (κ2) is 5.17. The van der Waals surface area contributed by atoms with Gasteiger partial charge in [-0.3, -0.25) is 9.79 Å². The first-order valence-corrected chi connectivity index (χ1v) is 2.99. The molecule has 0 saturated carbocycles. The molecule has 0 spiro atoms. The largest absolute Gasteiger partial charge is 0.366 e. The molecule has 58 valence electrons. The van der Waals surface area contributed by atoms with Gasteiger partial charge < -0.3 is 5.73 Å². The number of carbonyl (C=O) groups is 1. The molecule has 0 aliphatic heterocycles. The van der Waals surface area contributed by atoms with Crippen LogP contribution in [0.25, 0.3) is 0 Å². The van der Waals surface area contributed by atoms with Gasteiger partial charge in [0.1, 0.15) is 0 Å². The van der Waals surface area contributed by atoms with Crippen molar-refractivity contribution in [2.24, 2.45) is 10.7 Å². The van der Waals surface area contributed by atoms with Crippen molar-refractivity contribution in [3.63, 3.8) is 0 Å². The van der Waals surface area contributed by atoms with Gasteiger partial charge in [0.2, 0.25) is 5.91 Å². The standard InChI is InChI=1S/C8H10N2O/c1-3-5-7(8(9)11)6-10-4-2/h3-6H,1-2H2,(H2,9,11)/b7-5+,10-6-. The molecule has 0 unspecified atom stereocenters. The molecule has 3 heteroatoms. The van der Waals surface area contributed by atoms with Crippen molar-refractivity contribution in [2.75, 3.05) is 0 Å². The van der Waals surface area contributed by atoms with E-state index in [9.17, 15) is 4.79 Å². The lowest BCUT2D eigenvalue weighted by Crippen LogP contribution is -2.14. The Bertz CT molecular complexity index is 226. The van der Waals surface area contributed by atoms with Crippen molar-refractivity contribution in [3.8, 4) is 0 Å². The first kappa shape index (κ1) is 9.36. The van der Waals surface area contributed by atoms with E-state index in [2.05, 4.69) is 18.2 Å². The predicted octanol–water partition coefficient (Wildman–Crippen LogP) is 0.798. The molecule has 0 bridgehead atoms. The monoisotopic (exact) mass is 150 g/mol. The summed E-state index contributed by atoms with van der Waals surface area (Å²) in [5, 5.41) is 0. The molecule has 0 aliphatic rings. The van der Waals surface area contributed by atoms with Crippen LogP contribution in [0.3, 0.4) is 0 Å². The van der Waals surface area contributed by atoms with Crippen LogP contribution < -0.4 is 5.73 Å². The number of hydrogen-bond donors (Lipinski definition) is 1. The van der Waals surface area contributed by atoms with Gasteiger partial charge in [0.25, 0.3) is 0 Å². The molecule has 11 heavy (non-hydrogen) atoms. The Labute approximate surface area is 65.6 Å². The molecule has 0 heterocycles. The zero-order valence-corrected chi connectivity index (χ0v) is 6.16. The number of aliphatic imine (C=N–C) groups is 1. The minimum absolute atomic E-state index is 0.305. The van der Waals surface area contributed by atoms with Crippen molar-refractivity contribution in [3.05, 3.63) is 37.1 Å². The fraction of sp³-hybridized carbons (Fsp3) is 0. The quantitative estimate of drug-likeness (QED) is 0.359. The third-order valence-corrected chi connectivity index (χ3v) is 0.901. The second-order valence-electron chi connectivity index (χ2n) is 1.68. The van der Waals surface area contributed by atoms with Crippen LogP contribution in [-0.2, 0) is 4.79 Å². The van der Waals surface area contributed by atoms with E-state index < -0.39 is 5.91 Å². The third kappa shape index (κ3) is 3.86. The topological polar surface area (TPSA) is 55.4 Å². The summed E-state index contributed by atoms with van der Waals surface area (Å²) in [4.78, 5) is 14.2. The number of carbonyl (C=O) groups excluding carboxylic acids is 1. The van der Waals surface area contributed by atoms with E-state index in [0.717, 1.165) is 0 Å². The van der Waals surface area contributed by atoms with Gasteiger partial charge in [-0.25, -0.2) is 0 Å². The lowest BCUT2D eigenvalue weighted by Gasteiger charge is -1.89. The van der Waals surface area contributed by atoms with E-state index in [1.807, 2.05) is 0 Å². The van der Waals surface area contributed by atoms with Crippen LogP contribution in [0.1, 0.15) is 0 Å². The van der Waals surface area contributed by atoms with Gasteiger partial charge in [0.15, 0.2) is 0 Å². The summed E-state index contributed by atoms with van der Waals surface area (Å²) < 4.78 is 0. The van der Waals surface area contributed by atoms with Gasteiger partial charge in [-0.1, -0.05) is 19.2 Å². The number of amides is 1. The van der Waals surface area contributed by atoms with E-state index in [0.29, 0.717) is 5.57 Å². The zero-order valence-electron chi connectivity index (χ0n) is 6.16. The van der Waals surface area contributed by atoms with Gasteiger partial charge >= 0.3 is 0 Å². The number of rotatable bonds is 4. The van der Waals surface area contributed by atoms with E-state index in [4.69, 9.17) is 5.73 Å². The summed E-state index contributed by atoms with van der Waals surface area (Å²) in [6, 6.07) is 0. The zero-order chi connectivity index (χ0) is 8.69. The normalized spacial score (nSPS) is 11.5. The highest BCUT2D eigenvalue weighted by Gasteiger charge is 1.97. The third-order valence-electron chi connectivity index (χ3n) is 0.901. The summed E-state index contributed by atoms with van der Waals surface area (Å²) in [6.45, 7) is 6.77. The Kier molecular flexibility index (Phi) is 4.40. The summed E-state index contributed by atoms with van der Waals surface area (Å²) in [6.07, 6.45) is 5.60. The molecule has 0 aromatic heterocycles. The van der Waals surface area contributed by atoms with Crippen LogP contribution in [0.2, 0.25) is 0 Å². The van der Waals surface area contributed by atoms with Crippen molar-refractivity contribution in [1.82, 2.24) is 0 Å². The Morgan fingerprint density at radius 3 is 2.45 bits per heavy atom. The summed E-state index contributed by atoms with van der Waals surface area (Å²) in [5.74, 6) is -0.532. The fourth-order valence-corrected chi connectivity index (χ4v) is 0.449. The highest BCUT2D eigenvalue weighted by atomic mass is 16.1. The minimum Gasteiger partial charge on any atom is -0.366 e.